The molecule has 1 heterocycles. The minimum Gasteiger partial charge on any atom is -0.300 e. The Kier molecular flexibility index (Phi) is 5.33. The Bertz CT molecular complexity index is 857. The van der Waals surface area contributed by atoms with Gasteiger partial charge in [0.15, 0.2) is 5.17 Å². The van der Waals surface area contributed by atoms with E-state index in [1.807, 2.05) is 73.7 Å². The Labute approximate surface area is 153 Å². The summed E-state index contributed by atoms with van der Waals surface area (Å²) >= 11 is 4.77. The average Bonchev–Trinajstić information content (AvgIpc) is 2.87. The fraction of sp³-hybridized carbons (Fsp3) is 0.0526. The fourth-order valence-corrected chi connectivity index (χ4v) is 3.48. The number of carbonyl (C=O) groups excluding carboxylic acids is 1. The first-order chi connectivity index (χ1) is 11.6. The Morgan fingerprint density at radius 2 is 1.96 bits per heavy atom. The quantitative estimate of drug-likeness (QED) is 0.713. The van der Waals surface area contributed by atoms with Crippen molar-refractivity contribution in [1.82, 2.24) is 5.32 Å². The summed E-state index contributed by atoms with van der Waals surface area (Å²) in [6, 6.07) is 17.7. The molecule has 0 aliphatic carbocycles. The van der Waals surface area contributed by atoms with Crippen molar-refractivity contribution < 1.29 is 4.79 Å². The molecule has 24 heavy (non-hydrogen) atoms. The molecule has 0 unspecified atom stereocenters. The third-order valence-electron chi connectivity index (χ3n) is 3.24. The maximum atomic E-state index is 12.1. The zero-order valence-electron chi connectivity index (χ0n) is 13.0. The molecule has 1 N–H and O–H groups in total. The molecule has 1 saturated heterocycles. The average molecular weight is 399 g/mol. The van der Waals surface area contributed by atoms with Crippen LogP contribution in [0.25, 0.3) is 6.08 Å². The van der Waals surface area contributed by atoms with Crippen molar-refractivity contribution in [3.63, 3.8) is 0 Å². The molecule has 1 aliphatic rings. The van der Waals surface area contributed by atoms with Crippen LogP contribution in [-0.2, 0) is 4.79 Å². The van der Waals surface area contributed by atoms with Gasteiger partial charge >= 0.3 is 0 Å². The van der Waals surface area contributed by atoms with Crippen molar-refractivity contribution in [2.24, 2.45) is 4.99 Å². The van der Waals surface area contributed by atoms with Crippen LogP contribution >= 0.6 is 27.7 Å². The number of nitrogens with zero attached hydrogens (tertiary/aromatic N) is 1. The molecule has 1 amide bonds. The zero-order chi connectivity index (χ0) is 16.9. The van der Waals surface area contributed by atoms with E-state index in [0.29, 0.717) is 10.1 Å². The molecular weight excluding hydrogens is 384 g/mol. The van der Waals surface area contributed by atoms with Gasteiger partial charge in [-0.05, 0) is 54.1 Å². The fourth-order valence-electron chi connectivity index (χ4n) is 2.20. The first kappa shape index (κ1) is 16.7. The Hall–Kier alpha value is -2.11. The second-order valence-corrected chi connectivity index (χ2v) is 7.21. The van der Waals surface area contributed by atoms with Gasteiger partial charge in [-0.2, -0.15) is 0 Å². The molecule has 0 saturated carbocycles. The molecule has 1 aliphatic heterocycles. The summed E-state index contributed by atoms with van der Waals surface area (Å²) in [6.07, 6.45) is 3.93. The van der Waals surface area contributed by atoms with E-state index in [1.165, 1.54) is 11.8 Å². The van der Waals surface area contributed by atoms with Crippen molar-refractivity contribution in [3.05, 3.63) is 81.2 Å². The Balaban J connectivity index is 1.78. The lowest BCUT2D eigenvalue weighted by molar-refractivity contribution is -0.115. The molecule has 1 fully saturated rings. The first-order valence-corrected chi connectivity index (χ1v) is 8.99. The van der Waals surface area contributed by atoms with Gasteiger partial charge in [0.05, 0.1) is 10.6 Å². The number of nitrogens with one attached hydrogen (secondary N) is 1. The second-order valence-electron chi connectivity index (χ2n) is 5.26. The number of benzene rings is 2. The smallest absolute Gasteiger partial charge is 0.264 e. The summed E-state index contributed by atoms with van der Waals surface area (Å²) in [5.41, 5.74) is 2.92. The number of thioether (sulfide) groups is 1. The second kappa shape index (κ2) is 7.64. The molecule has 0 atom stereocenters. The van der Waals surface area contributed by atoms with Crippen LogP contribution in [0.1, 0.15) is 12.5 Å². The summed E-state index contributed by atoms with van der Waals surface area (Å²) in [5.74, 6) is -0.116. The van der Waals surface area contributed by atoms with E-state index < -0.39 is 0 Å². The van der Waals surface area contributed by atoms with Crippen LogP contribution in [0.4, 0.5) is 5.69 Å². The van der Waals surface area contributed by atoms with Gasteiger partial charge in [-0.3, -0.25) is 4.79 Å². The number of aliphatic imine (C=N–C) groups is 1. The number of rotatable bonds is 3. The highest BCUT2D eigenvalue weighted by Gasteiger charge is 2.23. The molecule has 120 valence electrons. The van der Waals surface area contributed by atoms with Gasteiger partial charge in [0.1, 0.15) is 0 Å². The van der Waals surface area contributed by atoms with E-state index >= 15 is 0 Å². The lowest BCUT2D eigenvalue weighted by Gasteiger charge is -1.97. The van der Waals surface area contributed by atoms with Gasteiger partial charge in [-0.25, -0.2) is 4.99 Å². The van der Waals surface area contributed by atoms with Gasteiger partial charge in [0.25, 0.3) is 5.91 Å². The van der Waals surface area contributed by atoms with E-state index in [9.17, 15) is 4.79 Å². The highest BCUT2D eigenvalue weighted by molar-refractivity contribution is 9.10. The number of amidine groups is 1. The largest absolute Gasteiger partial charge is 0.300 e. The zero-order valence-corrected chi connectivity index (χ0v) is 15.4. The molecule has 0 bridgehead atoms. The number of allylic oxidation sites excluding steroid dienone is 2. The van der Waals surface area contributed by atoms with E-state index in [4.69, 9.17) is 0 Å². The van der Waals surface area contributed by atoms with Crippen molar-refractivity contribution in [2.75, 3.05) is 0 Å². The number of halogens is 1. The van der Waals surface area contributed by atoms with Gasteiger partial charge in [0.2, 0.25) is 0 Å². The monoisotopic (exact) mass is 398 g/mol. The highest BCUT2D eigenvalue weighted by atomic mass is 79.9. The predicted molar refractivity (Wildman–Crippen MR) is 105 cm³/mol. The van der Waals surface area contributed by atoms with Crippen LogP contribution in [0, 0.1) is 0 Å². The molecular formula is C19H15BrN2OS. The summed E-state index contributed by atoms with van der Waals surface area (Å²) < 4.78 is 0.955. The lowest BCUT2D eigenvalue weighted by Crippen LogP contribution is -2.19. The Morgan fingerprint density at radius 3 is 2.71 bits per heavy atom. The van der Waals surface area contributed by atoms with Crippen molar-refractivity contribution in [2.45, 2.75) is 6.92 Å². The molecule has 2 aromatic carbocycles. The first-order valence-electron chi connectivity index (χ1n) is 7.39. The minimum atomic E-state index is -0.116. The number of hydrogen-bond donors (Lipinski definition) is 1. The van der Waals surface area contributed by atoms with E-state index in [2.05, 4.69) is 26.2 Å². The van der Waals surface area contributed by atoms with Crippen molar-refractivity contribution in [3.8, 4) is 0 Å². The number of amides is 1. The maximum Gasteiger partial charge on any atom is 0.264 e. The highest BCUT2D eigenvalue weighted by Crippen LogP contribution is 2.28. The topological polar surface area (TPSA) is 41.5 Å². The Morgan fingerprint density at radius 1 is 1.17 bits per heavy atom. The molecule has 3 rings (SSSR count). The minimum absolute atomic E-state index is 0.116. The van der Waals surface area contributed by atoms with E-state index in [-0.39, 0.29) is 5.91 Å². The molecule has 5 heteroatoms. The van der Waals surface area contributed by atoms with Gasteiger partial charge in [-0.1, -0.05) is 58.4 Å². The molecule has 0 aromatic heterocycles. The van der Waals surface area contributed by atoms with Crippen LogP contribution in [-0.4, -0.2) is 11.1 Å². The normalized spacial score (nSPS) is 18.2. The van der Waals surface area contributed by atoms with Crippen LogP contribution in [0.15, 0.2) is 80.6 Å². The van der Waals surface area contributed by atoms with Crippen molar-refractivity contribution >= 4 is 50.5 Å². The van der Waals surface area contributed by atoms with Crippen LogP contribution in [0.3, 0.4) is 0 Å². The summed E-state index contributed by atoms with van der Waals surface area (Å²) in [6.45, 7) is 1.98. The summed E-state index contributed by atoms with van der Waals surface area (Å²) in [4.78, 5) is 17.2. The van der Waals surface area contributed by atoms with E-state index in [0.717, 1.165) is 21.3 Å². The van der Waals surface area contributed by atoms with Gasteiger partial charge in [0, 0.05) is 4.47 Å². The van der Waals surface area contributed by atoms with Crippen LogP contribution in [0.2, 0.25) is 0 Å². The van der Waals surface area contributed by atoms with Crippen LogP contribution < -0.4 is 5.32 Å². The maximum absolute atomic E-state index is 12.1. The van der Waals surface area contributed by atoms with Gasteiger partial charge in [-0.15, -0.1) is 0 Å². The summed E-state index contributed by atoms with van der Waals surface area (Å²) in [5, 5.41) is 3.40. The molecule has 3 nitrogen and oxygen atoms in total. The van der Waals surface area contributed by atoms with Crippen molar-refractivity contribution in [1.29, 1.82) is 0 Å². The number of carbonyl (C=O) groups is 1. The molecule has 0 radical (unpaired) electrons. The number of hydrogen-bond acceptors (Lipinski definition) is 3. The third-order valence-corrected chi connectivity index (χ3v) is 4.65. The lowest BCUT2D eigenvalue weighted by atomic mass is 10.1. The molecule has 0 spiro atoms. The third kappa shape index (κ3) is 4.46. The van der Waals surface area contributed by atoms with Gasteiger partial charge < -0.3 is 5.32 Å². The van der Waals surface area contributed by atoms with E-state index in [1.54, 1.807) is 0 Å². The summed E-state index contributed by atoms with van der Waals surface area (Å²) in [7, 11) is 0. The predicted octanol–water partition coefficient (Wildman–Crippen LogP) is 5.29. The standard InChI is InChI=1S/C19H15BrN2OS/c1-13(10-14-6-3-2-4-7-14)11-17-18(23)22-19(24-17)21-16-9-5-8-15(20)12-16/h2-12H,1H3,(H,21,22,23)/b13-10-,17-11+. The molecule has 2 aromatic rings. The van der Waals surface area contributed by atoms with Crippen LogP contribution in [0.5, 0.6) is 0 Å². The SMILES string of the molecule is CC(=C/c1ccccc1)/C=C1/SC(=Nc2cccc(Br)c2)NC1=O.